The molecule has 0 amide bonds. The summed E-state index contributed by atoms with van der Waals surface area (Å²) in [5.41, 5.74) is 0.774. The molecule has 3 nitrogen and oxygen atoms in total. The van der Waals surface area contributed by atoms with E-state index in [2.05, 4.69) is 16.0 Å². The van der Waals surface area contributed by atoms with Crippen molar-refractivity contribution >= 4 is 0 Å². The van der Waals surface area contributed by atoms with Gasteiger partial charge in [0.05, 0.1) is 0 Å². The summed E-state index contributed by atoms with van der Waals surface area (Å²) < 4.78 is 2.05. The van der Waals surface area contributed by atoms with Crippen LogP contribution in [0.4, 0.5) is 0 Å². The fourth-order valence-electron chi connectivity index (χ4n) is 2.03. The van der Waals surface area contributed by atoms with E-state index < -0.39 is 0 Å². The second-order valence-corrected chi connectivity index (χ2v) is 3.87. The van der Waals surface area contributed by atoms with Gasteiger partial charge in [0.15, 0.2) is 0 Å². The lowest BCUT2D eigenvalue weighted by Gasteiger charge is -2.23. The lowest BCUT2D eigenvalue weighted by molar-refractivity contribution is 0.337. The number of hydrogen-bond acceptors (Lipinski definition) is 2. The highest BCUT2D eigenvalue weighted by molar-refractivity contribution is 5.21. The number of hydrogen-bond donors (Lipinski definition) is 1. The van der Waals surface area contributed by atoms with Crippen molar-refractivity contribution in [1.29, 1.82) is 5.26 Å². The van der Waals surface area contributed by atoms with Gasteiger partial charge in [0.25, 0.3) is 0 Å². The third-order valence-electron chi connectivity index (χ3n) is 2.80. The van der Waals surface area contributed by atoms with Crippen LogP contribution >= 0.6 is 0 Å². The van der Waals surface area contributed by atoms with Crippen LogP contribution in [-0.2, 0) is 6.54 Å². The zero-order valence-electron chi connectivity index (χ0n) is 8.24. The molecule has 0 saturated carbocycles. The predicted molar refractivity (Wildman–Crippen MR) is 54.7 cm³/mol. The molecule has 2 heterocycles. The van der Waals surface area contributed by atoms with Crippen LogP contribution in [0.5, 0.6) is 0 Å². The Morgan fingerprint density at radius 1 is 1.64 bits per heavy atom. The van der Waals surface area contributed by atoms with Crippen LogP contribution in [-0.4, -0.2) is 17.7 Å². The number of nitrogens with zero attached hydrogens (tertiary/aromatic N) is 2. The molecule has 1 aliphatic rings. The molecule has 0 aliphatic carbocycles. The summed E-state index contributed by atoms with van der Waals surface area (Å²) in [7, 11) is 0. The van der Waals surface area contributed by atoms with Gasteiger partial charge in [-0.1, -0.05) is 0 Å². The molecule has 14 heavy (non-hydrogen) atoms. The Kier molecular flexibility index (Phi) is 2.85. The van der Waals surface area contributed by atoms with Crippen molar-refractivity contribution in [1.82, 2.24) is 9.88 Å². The van der Waals surface area contributed by atoms with Gasteiger partial charge >= 0.3 is 0 Å². The molecule has 1 aromatic heterocycles. The Bertz CT molecular complexity index is 329. The second kappa shape index (κ2) is 4.30. The topological polar surface area (TPSA) is 40.8 Å². The highest BCUT2D eigenvalue weighted by Gasteiger charge is 2.14. The van der Waals surface area contributed by atoms with E-state index in [9.17, 15) is 0 Å². The molecule has 1 unspecified atom stereocenters. The molecule has 0 aromatic carbocycles. The van der Waals surface area contributed by atoms with Crippen molar-refractivity contribution in [3.05, 3.63) is 24.0 Å². The minimum atomic E-state index is 0.684. The molecule has 0 radical (unpaired) electrons. The van der Waals surface area contributed by atoms with Crippen LogP contribution in [0.2, 0.25) is 0 Å². The van der Waals surface area contributed by atoms with E-state index >= 15 is 0 Å². The van der Waals surface area contributed by atoms with Crippen molar-refractivity contribution in [2.45, 2.75) is 19.4 Å². The highest BCUT2D eigenvalue weighted by Crippen LogP contribution is 2.13. The van der Waals surface area contributed by atoms with Gasteiger partial charge < -0.3 is 9.88 Å². The maximum Gasteiger partial charge on any atom is 0.120 e. The van der Waals surface area contributed by atoms with Crippen LogP contribution in [0.1, 0.15) is 18.5 Å². The quantitative estimate of drug-likeness (QED) is 0.763. The molecule has 0 spiro atoms. The lowest BCUT2D eigenvalue weighted by atomic mass is 10.00. The van der Waals surface area contributed by atoms with Crippen molar-refractivity contribution in [2.24, 2.45) is 5.92 Å². The number of piperidine rings is 1. The number of rotatable bonds is 2. The molecule has 2 rings (SSSR count). The fraction of sp³-hybridized carbons (Fsp3) is 0.545. The summed E-state index contributed by atoms with van der Waals surface area (Å²) in [5.74, 6) is 0.684. The van der Waals surface area contributed by atoms with Crippen molar-refractivity contribution in [3.8, 4) is 6.07 Å². The van der Waals surface area contributed by atoms with E-state index in [0.717, 1.165) is 25.3 Å². The Morgan fingerprint density at radius 3 is 3.29 bits per heavy atom. The van der Waals surface area contributed by atoms with Gasteiger partial charge in [-0.05, 0) is 44.0 Å². The lowest BCUT2D eigenvalue weighted by Crippen LogP contribution is -2.32. The maximum absolute atomic E-state index is 8.85. The fourth-order valence-corrected chi connectivity index (χ4v) is 2.03. The van der Waals surface area contributed by atoms with Crippen LogP contribution in [0.3, 0.4) is 0 Å². The smallest absolute Gasteiger partial charge is 0.120 e. The first-order valence-corrected chi connectivity index (χ1v) is 5.16. The van der Waals surface area contributed by atoms with Crippen LogP contribution in [0, 0.1) is 17.2 Å². The van der Waals surface area contributed by atoms with E-state index in [0.29, 0.717) is 5.92 Å². The molecular weight excluding hydrogens is 174 g/mol. The molecule has 1 aromatic rings. The average molecular weight is 189 g/mol. The van der Waals surface area contributed by atoms with E-state index in [4.69, 9.17) is 5.26 Å². The summed E-state index contributed by atoms with van der Waals surface area (Å²) in [6.07, 6.45) is 4.52. The predicted octanol–water partition coefficient (Wildman–Crippen LogP) is 1.36. The summed E-state index contributed by atoms with van der Waals surface area (Å²) in [5, 5.41) is 12.2. The van der Waals surface area contributed by atoms with Gasteiger partial charge in [-0.15, -0.1) is 0 Å². The van der Waals surface area contributed by atoms with E-state index in [-0.39, 0.29) is 0 Å². The van der Waals surface area contributed by atoms with Gasteiger partial charge in [-0.3, -0.25) is 0 Å². The van der Waals surface area contributed by atoms with Gasteiger partial charge in [0, 0.05) is 12.7 Å². The Balaban J connectivity index is 1.99. The third kappa shape index (κ3) is 1.97. The average Bonchev–Trinajstić information content (AvgIpc) is 2.67. The van der Waals surface area contributed by atoms with Crippen LogP contribution < -0.4 is 5.32 Å². The number of nitriles is 1. The second-order valence-electron chi connectivity index (χ2n) is 3.87. The maximum atomic E-state index is 8.85. The molecule has 0 bridgehead atoms. The first-order chi connectivity index (χ1) is 6.90. The standard InChI is InChI=1S/C11H15N3/c12-7-11-4-2-6-14(11)9-10-3-1-5-13-8-10/h2,4,6,10,13H,1,3,5,8-9H2. The third-order valence-corrected chi connectivity index (χ3v) is 2.80. The zero-order valence-corrected chi connectivity index (χ0v) is 8.24. The summed E-state index contributed by atoms with van der Waals surface area (Å²) in [6, 6.07) is 6.02. The Morgan fingerprint density at radius 2 is 2.57 bits per heavy atom. The van der Waals surface area contributed by atoms with Crippen molar-refractivity contribution in [2.75, 3.05) is 13.1 Å². The molecule has 1 N–H and O–H groups in total. The van der Waals surface area contributed by atoms with Gasteiger partial charge in [-0.2, -0.15) is 5.26 Å². The van der Waals surface area contributed by atoms with Crippen LogP contribution in [0.25, 0.3) is 0 Å². The SMILES string of the molecule is N#Cc1cccn1CC1CCCNC1. The Labute approximate surface area is 84.3 Å². The van der Waals surface area contributed by atoms with Crippen molar-refractivity contribution in [3.63, 3.8) is 0 Å². The molecular formula is C11H15N3. The molecule has 3 heteroatoms. The van der Waals surface area contributed by atoms with Gasteiger partial charge in [0.1, 0.15) is 11.8 Å². The molecule has 1 saturated heterocycles. The summed E-state index contributed by atoms with van der Waals surface area (Å²) in [4.78, 5) is 0. The van der Waals surface area contributed by atoms with Gasteiger partial charge in [-0.25, -0.2) is 0 Å². The summed E-state index contributed by atoms with van der Waals surface area (Å²) >= 11 is 0. The minimum absolute atomic E-state index is 0.684. The highest BCUT2D eigenvalue weighted by atomic mass is 15.0. The number of aromatic nitrogens is 1. The van der Waals surface area contributed by atoms with Crippen LogP contribution in [0.15, 0.2) is 18.3 Å². The van der Waals surface area contributed by atoms with E-state index in [1.165, 1.54) is 12.8 Å². The molecule has 1 aliphatic heterocycles. The first-order valence-electron chi connectivity index (χ1n) is 5.16. The van der Waals surface area contributed by atoms with Crippen molar-refractivity contribution < 1.29 is 0 Å². The van der Waals surface area contributed by atoms with Gasteiger partial charge in [0.2, 0.25) is 0 Å². The van der Waals surface area contributed by atoms with E-state index in [1.54, 1.807) is 0 Å². The largest absolute Gasteiger partial charge is 0.339 e. The molecule has 74 valence electrons. The number of nitrogens with one attached hydrogen (secondary N) is 1. The first kappa shape index (κ1) is 9.29. The monoisotopic (exact) mass is 189 g/mol. The Hall–Kier alpha value is -1.27. The van der Waals surface area contributed by atoms with E-state index in [1.807, 2.05) is 18.3 Å². The minimum Gasteiger partial charge on any atom is -0.339 e. The summed E-state index contributed by atoms with van der Waals surface area (Å²) in [6.45, 7) is 3.21. The molecule has 1 atom stereocenters. The normalized spacial score (nSPS) is 21.8. The molecule has 1 fully saturated rings. The zero-order chi connectivity index (χ0) is 9.80.